The van der Waals surface area contributed by atoms with Crippen LogP contribution in [0.2, 0.25) is 0 Å². The van der Waals surface area contributed by atoms with Crippen LogP contribution < -0.4 is 0 Å². The molecule has 0 bridgehead atoms. The fraction of sp³-hybridized carbons (Fsp3) is 0.320. The van der Waals surface area contributed by atoms with Gasteiger partial charge in [-0.1, -0.05) is 6.07 Å². The minimum Gasteiger partial charge on any atom is -0.261 e. The standard InChI is InChI=1S/C7H9N.3C6H8N2/c1-6-3-4-7(2)8-5-6;1-5-3-8-6(2)4-7-5;1-5-3-7-6(2)8-4-5;1-5-3-4-6(2)8-7-5/h3-5H,1-2H3;3*3-4H,1-2H3. The molecule has 4 aromatic rings. The summed E-state index contributed by atoms with van der Waals surface area (Å²) in [6.07, 6.45) is 9.00. The smallest absolute Gasteiger partial charge is 0.125 e. The van der Waals surface area contributed by atoms with Gasteiger partial charge in [0.2, 0.25) is 0 Å². The highest BCUT2D eigenvalue weighted by atomic mass is 15.1. The van der Waals surface area contributed by atoms with Crippen molar-refractivity contribution in [3.05, 3.63) is 101 Å². The molecule has 0 N–H and O–H groups in total. The molecule has 0 unspecified atom stereocenters. The van der Waals surface area contributed by atoms with Crippen LogP contribution in [0.1, 0.15) is 45.4 Å². The summed E-state index contributed by atoms with van der Waals surface area (Å²) in [7, 11) is 0. The molecule has 0 aliphatic rings. The molecule has 4 rings (SSSR count). The second kappa shape index (κ2) is 14.4. The Balaban J connectivity index is 0.000000213. The summed E-state index contributed by atoms with van der Waals surface area (Å²) in [5.74, 6) is 0.829. The third-order valence-electron chi connectivity index (χ3n) is 3.81. The molecule has 0 saturated heterocycles. The van der Waals surface area contributed by atoms with Crippen molar-refractivity contribution >= 4 is 0 Å². The highest BCUT2D eigenvalue weighted by Crippen LogP contribution is 1.95. The largest absolute Gasteiger partial charge is 0.261 e. The Morgan fingerprint density at radius 3 is 1.09 bits per heavy atom. The molecular formula is C25H33N7. The van der Waals surface area contributed by atoms with Crippen molar-refractivity contribution < 1.29 is 0 Å². The van der Waals surface area contributed by atoms with E-state index in [-0.39, 0.29) is 0 Å². The van der Waals surface area contributed by atoms with E-state index in [1.807, 2.05) is 92.2 Å². The van der Waals surface area contributed by atoms with Gasteiger partial charge in [0.15, 0.2) is 0 Å². The van der Waals surface area contributed by atoms with E-state index < -0.39 is 0 Å². The first-order valence-electron chi connectivity index (χ1n) is 10.3. The molecule has 4 heterocycles. The van der Waals surface area contributed by atoms with Gasteiger partial charge < -0.3 is 0 Å². The van der Waals surface area contributed by atoms with Crippen LogP contribution in [0.3, 0.4) is 0 Å². The lowest BCUT2D eigenvalue weighted by Crippen LogP contribution is -1.86. The van der Waals surface area contributed by atoms with Crippen LogP contribution in [0, 0.1) is 55.4 Å². The summed E-state index contributed by atoms with van der Waals surface area (Å²) in [5.41, 5.74) is 7.28. The topological polar surface area (TPSA) is 90.2 Å². The lowest BCUT2D eigenvalue weighted by molar-refractivity contribution is 0.941. The van der Waals surface area contributed by atoms with Gasteiger partial charge >= 0.3 is 0 Å². The molecule has 0 aliphatic carbocycles. The Hall–Kier alpha value is -3.61. The highest BCUT2D eigenvalue weighted by Gasteiger charge is 1.84. The van der Waals surface area contributed by atoms with Crippen molar-refractivity contribution in [3.8, 4) is 0 Å². The third kappa shape index (κ3) is 12.8. The van der Waals surface area contributed by atoms with Gasteiger partial charge in [-0.15, -0.1) is 0 Å². The van der Waals surface area contributed by atoms with Gasteiger partial charge in [0.25, 0.3) is 0 Å². The highest BCUT2D eigenvalue weighted by molar-refractivity contribution is 5.10. The summed E-state index contributed by atoms with van der Waals surface area (Å²) < 4.78 is 0. The molecule has 0 amide bonds. The molecule has 7 heteroatoms. The molecular weight excluding hydrogens is 398 g/mol. The van der Waals surface area contributed by atoms with Crippen molar-refractivity contribution in [1.82, 2.24) is 35.1 Å². The Bertz CT molecular complexity index is 754. The SMILES string of the molecule is Cc1ccc(C)nc1.Cc1ccc(C)nn1.Cc1cnc(C)cn1.Cc1cnc(C)nc1. The second-order valence-electron chi connectivity index (χ2n) is 7.40. The van der Waals surface area contributed by atoms with Gasteiger partial charge in [0.05, 0.1) is 22.8 Å². The maximum absolute atomic E-state index is 4.08. The van der Waals surface area contributed by atoms with Crippen molar-refractivity contribution in [2.45, 2.75) is 55.4 Å². The number of hydrogen-bond donors (Lipinski definition) is 0. The lowest BCUT2D eigenvalue weighted by atomic mass is 10.3. The summed E-state index contributed by atoms with van der Waals surface area (Å²) in [6, 6.07) is 7.96. The molecule has 0 spiro atoms. The maximum atomic E-state index is 4.08. The summed E-state index contributed by atoms with van der Waals surface area (Å²) >= 11 is 0. The number of hydrogen-bond acceptors (Lipinski definition) is 7. The van der Waals surface area contributed by atoms with E-state index in [9.17, 15) is 0 Å². The van der Waals surface area contributed by atoms with Gasteiger partial charge in [-0.2, -0.15) is 10.2 Å². The summed E-state index contributed by atoms with van der Waals surface area (Å²) in [5, 5.41) is 7.66. The molecule has 0 aliphatic heterocycles. The zero-order valence-electron chi connectivity index (χ0n) is 20.3. The van der Waals surface area contributed by atoms with E-state index in [0.29, 0.717) is 0 Å². The van der Waals surface area contributed by atoms with Crippen LogP contribution in [-0.4, -0.2) is 35.1 Å². The molecule has 0 fully saturated rings. The molecule has 0 radical (unpaired) electrons. The molecule has 4 aromatic heterocycles. The van der Waals surface area contributed by atoms with E-state index >= 15 is 0 Å². The van der Waals surface area contributed by atoms with E-state index in [1.54, 1.807) is 12.4 Å². The molecule has 32 heavy (non-hydrogen) atoms. The van der Waals surface area contributed by atoms with Crippen molar-refractivity contribution in [2.24, 2.45) is 0 Å². The summed E-state index contributed by atoms with van der Waals surface area (Å²) in [6.45, 7) is 15.6. The fourth-order valence-corrected chi connectivity index (χ4v) is 1.92. The predicted octanol–water partition coefficient (Wildman–Crippen LogP) is 4.98. The number of aryl methyl sites for hydroxylation is 8. The zero-order chi connectivity index (χ0) is 23.9. The van der Waals surface area contributed by atoms with Crippen molar-refractivity contribution in [1.29, 1.82) is 0 Å². The van der Waals surface area contributed by atoms with Crippen LogP contribution in [0.25, 0.3) is 0 Å². The Morgan fingerprint density at radius 1 is 0.375 bits per heavy atom. The first-order chi connectivity index (χ1) is 15.2. The average Bonchev–Trinajstić information content (AvgIpc) is 2.78. The first kappa shape index (κ1) is 26.4. The number of rotatable bonds is 0. The molecule has 168 valence electrons. The van der Waals surface area contributed by atoms with Crippen LogP contribution in [0.4, 0.5) is 0 Å². The monoisotopic (exact) mass is 431 g/mol. The third-order valence-corrected chi connectivity index (χ3v) is 3.81. The number of nitrogens with zero attached hydrogens (tertiary/aromatic N) is 7. The van der Waals surface area contributed by atoms with Crippen LogP contribution in [0.15, 0.2) is 55.2 Å². The normalized spacial score (nSPS) is 9.25. The fourth-order valence-electron chi connectivity index (χ4n) is 1.92. The minimum absolute atomic E-state index is 0.829. The van der Waals surface area contributed by atoms with E-state index in [2.05, 4.69) is 41.2 Å². The van der Waals surface area contributed by atoms with Crippen LogP contribution in [-0.2, 0) is 0 Å². The van der Waals surface area contributed by atoms with E-state index in [1.165, 1.54) is 5.56 Å². The van der Waals surface area contributed by atoms with Gasteiger partial charge in [-0.25, -0.2) is 9.97 Å². The maximum Gasteiger partial charge on any atom is 0.125 e. The predicted molar refractivity (Wildman–Crippen MR) is 128 cm³/mol. The number of aromatic nitrogens is 7. The molecule has 0 atom stereocenters. The van der Waals surface area contributed by atoms with Crippen LogP contribution >= 0.6 is 0 Å². The van der Waals surface area contributed by atoms with Crippen molar-refractivity contribution in [2.75, 3.05) is 0 Å². The van der Waals surface area contributed by atoms with E-state index in [0.717, 1.165) is 39.9 Å². The quantitative estimate of drug-likeness (QED) is 0.388. The van der Waals surface area contributed by atoms with E-state index in [4.69, 9.17) is 0 Å². The Kier molecular flexibility index (Phi) is 11.9. The first-order valence-corrected chi connectivity index (χ1v) is 10.3. The Labute approximate surface area is 191 Å². The van der Waals surface area contributed by atoms with Gasteiger partial charge in [-0.05, 0) is 84.7 Å². The molecule has 0 saturated carbocycles. The lowest BCUT2D eigenvalue weighted by Gasteiger charge is -1.89. The zero-order valence-corrected chi connectivity index (χ0v) is 20.3. The second-order valence-corrected chi connectivity index (χ2v) is 7.40. The van der Waals surface area contributed by atoms with Gasteiger partial charge in [0, 0.05) is 36.7 Å². The number of pyridine rings is 1. The van der Waals surface area contributed by atoms with Crippen LogP contribution in [0.5, 0.6) is 0 Å². The van der Waals surface area contributed by atoms with Gasteiger partial charge in [-0.3, -0.25) is 15.0 Å². The Morgan fingerprint density at radius 2 is 0.781 bits per heavy atom. The van der Waals surface area contributed by atoms with Gasteiger partial charge in [0.1, 0.15) is 5.82 Å². The minimum atomic E-state index is 0.829. The summed E-state index contributed by atoms with van der Waals surface area (Å²) in [4.78, 5) is 20.0. The van der Waals surface area contributed by atoms with Crippen molar-refractivity contribution in [3.63, 3.8) is 0 Å². The average molecular weight is 432 g/mol. The molecule has 7 nitrogen and oxygen atoms in total. The molecule has 0 aromatic carbocycles.